The number of nitrogens with one attached hydrogen (secondary N) is 2. The summed E-state index contributed by atoms with van der Waals surface area (Å²) in [7, 11) is 3.53. The third-order valence-electron chi connectivity index (χ3n) is 8.05. The van der Waals surface area contributed by atoms with Gasteiger partial charge in [0, 0.05) is 58.2 Å². The Kier molecular flexibility index (Phi) is 10.9. The molecule has 0 bridgehead atoms. The Bertz CT molecular complexity index is 788. The van der Waals surface area contributed by atoms with Crippen LogP contribution >= 0.6 is 0 Å². The molecule has 1 aliphatic heterocycles. The van der Waals surface area contributed by atoms with Crippen LogP contribution in [-0.4, -0.2) is 68.4 Å². The van der Waals surface area contributed by atoms with Crippen molar-refractivity contribution >= 4 is 6.03 Å². The summed E-state index contributed by atoms with van der Waals surface area (Å²) >= 11 is 0. The number of ether oxygens (including phenoxy) is 1. The lowest BCUT2D eigenvalue weighted by molar-refractivity contribution is -0.0566. The maximum Gasteiger partial charge on any atom is 0.317 e. The molecule has 8 heteroatoms. The summed E-state index contributed by atoms with van der Waals surface area (Å²) in [6, 6.07) is 9.57. The Morgan fingerprint density at radius 3 is 2.61 bits per heavy atom. The fourth-order valence-electron chi connectivity index (χ4n) is 5.95. The Hall–Kier alpha value is -1.77. The number of halogens is 2. The lowest BCUT2D eigenvalue weighted by atomic mass is 9.74. The van der Waals surface area contributed by atoms with Crippen molar-refractivity contribution in [1.29, 1.82) is 0 Å². The molecule has 1 aromatic carbocycles. The van der Waals surface area contributed by atoms with Gasteiger partial charge in [0.2, 0.25) is 5.92 Å². The predicted molar refractivity (Wildman–Crippen MR) is 138 cm³/mol. The molecule has 204 valence electrons. The number of alkyl halides is 2. The number of urea groups is 1. The van der Waals surface area contributed by atoms with Crippen LogP contribution in [0.25, 0.3) is 0 Å². The van der Waals surface area contributed by atoms with Gasteiger partial charge >= 0.3 is 6.03 Å². The number of aliphatic hydroxyl groups is 1. The molecular formula is C28H45F2N3O3. The fraction of sp³-hybridized carbons (Fsp3) is 0.750. The number of nitrogens with zero attached hydrogens (tertiary/aromatic N) is 1. The number of rotatable bonds is 12. The first-order valence-electron chi connectivity index (χ1n) is 13.6. The summed E-state index contributed by atoms with van der Waals surface area (Å²) in [6.07, 6.45) is 5.61. The van der Waals surface area contributed by atoms with E-state index in [2.05, 4.69) is 10.6 Å². The largest absolute Gasteiger partial charge is 0.385 e. The molecule has 1 heterocycles. The van der Waals surface area contributed by atoms with E-state index in [9.17, 15) is 18.7 Å². The summed E-state index contributed by atoms with van der Waals surface area (Å²) in [4.78, 5) is 15.1. The number of carbonyl (C=O) groups excluding carboxylic acids is 1. The van der Waals surface area contributed by atoms with E-state index in [4.69, 9.17) is 4.74 Å². The number of unbranched alkanes of at least 4 members (excludes halogenated alkanes) is 1. The summed E-state index contributed by atoms with van der Waals surface area (Å²) in [5.41, 5.74) is -0.108. The summed E-state index contributed by atoms with van der Waals surface area (Å²) in [6.45, 7) is 2.40. The molecule has 36 heavy (non-hydrogen) atoms. The van der Waals surface area contributed by atoms with Crippen molar-refractivity contribution in [2.24, 2.45) is 11.8 Å². The SMILES string of the molecule is CNCC(CC1CCC(F)(F)CC1)NC(=O)N1CCC[C@@H]([C@@](O)(CCCCOC)c2ccccc2)C1. The highest BCUT2D eigenvalue weighted by Crippen LogP contribution is 2.40. The van der Waals surface area contributed by atoms with Crippen molar-refractivity contribution in [3.63, 3.8) is 0 Å². The summed E-state index contributed by atoms with van der Waals surface area (Å²) < 4.78 is 32.3. The Balaban J connectivity index is 1.63. The van der Waals surface area contributed by atoms with Crippen molar-refractivity contribution < 1.29 is 23.4 Å². The van der Waals surface area contributed by atoms with E-state index < -0.39 is 11.5 Å². The first-order valence-corrected chi connectivity index (χ1v) is 13.6. The molecule has 1 aliphatic carbocycles. The topological polar surface area (TPSA) is 73.8 Å². The van der Waals surface area contributed by atoms with E-state index in [0.29, 0.717) is 51.9 Å². The van der Waals surface area contributed by atoms with Gasteiger partial charge in [-0.1, -0.05) is 30.3 Å². The van der Waals surface area contributed by atoms with E-state index >= 15 is 0 Å². The Morgan fingerprint density at radius 2 is 1.94 bits per heavy atom. The molecule has 3 N–H and O–H groups in total. The number of hydrogen-bond donors (Lipinski definition) is 3. The van der Waals surface area contributed by atoms with Gasteiger partial charge in [0.05, 0.1) is 5.60 Å². The second kappa shape index (κ2) is 13.7. The van der Waals surface area contributed by atoms with Crippen LogP contribution in [0.5, 0.6) is 0 Å². The van der Waals surface area contributed by atoms with Crippen molar-refractivity contribution in [2.45, 2.75) is 81.8 Å². The van der Waals surface area contributed by atoms with Gasteiger partial charge in [0.15, 0.2) is 0 Å². The van der Waals surface area contributed by atoms with E-state index in [-0.39, 0.29) is 36.8 Å². The highest BCUT2D eigenvalue weighted by molar-refractivity contribution is 5.74. The average molecular weight is 510 g/mol. The minimum Gasteiger partial charge on any atom is -0.385 e. The lowest BCUT2D eigenvalue weighted by Gasteiger charge is -2.43. The first kappa shape index (κ1) is 28.8. The summed E-state index contributed by atoms with van der Waals surface area (Å²) in [5, 5.41) is 18.3. The van der Waals surface area contributed by atoms with Crippen LogP contribution in [0, 0.1) is 11.8 Å². The molecule has 3 rings (SSSR count). The molecule has 6 nitrogen and oxygen atoms in total. The quantitative estimate of drug-likeness (QED) is 0.350. The number of piperidine rings is 1. The smallest absolute Gasteiger partial charge is 0.317 e. The van der Waals surface area contributed by atoms with Crippen molar-refractivity contribution in [1.82, 2.24) is 15.5 Å². The van der Waals surface area contributed by atoms with Gasteiger partial charge in [0.1, 0.15) is 0 Å². The van der Waals surface area contributed by atoms with Crippen molar-refractivity contribution in [2.75, 3.05) is 40.4 Å². The van der Waals surface area contributed by atoms with Gasteiger partial charge in [-0.3, -0.25) is 0 Å². The average Bonchev–Trinajstić information content (AvgIpc) is 2.88. The van der Waals surface area contributed by atoms with Crippen LogP contribution in [0.2, 0.25) is 0 Å². The third kappa shape index (κ3) is 8.12. The van der Waals surface area contributed by atoms with Gasteiger partial charge in [-0.2, -0.15) is 0 Å². The highest BCUT2D eigenvalue weighted by Gasteiger charge is 2.41. The number of benzene rings is 1. The van der Waals surface area contributed by atoms with Gasteiger partial charge in [-0.25, -0.2) is 13.6 Å². The number of amides is 2. The van der Waals surface area contributed by atoms with Crippen LogP contribution in [0.3, 0.4) is 0 Å². The number of likely N-dealkylation sites (tertiary alicyclic amines) is 1. The third-order valence-corrected chi connectivity index (χ3v) is 8.05. The molecular weight excluding hydrogens is 464 g/mol. The second-order valence-electron chi connectivity index (χ2n) is 10.8. The van der Waals surface area contributed by atoms with Crippen LogP contribution < -0.4 is 10.6 Å². The van der Waals surface area contributed by atoms with Gasteiger partial charge < -0.3 is 25.4 Å². The highest BCUT2D eigenvalue weighted by atomic mass is 19.3. The fourth-order valence-corrected chi connectivity index (χ4v) is 5.95. The molecule has 2 fully saturated rings. The van der Waals surface area contributed by atoms with Crippen LogP contribution in [-0.2, 0) is 10.3 Å². The number of likely N-dealkylation sites (N-methyl/N-ethyl adjacent to an activating group) is 1. The van der Waals surface area contributed by atoms with Crippen LogP contribution in [0.4, 0.5) is 13.6 Å². The molecule has 1 aromatic rings. The minimum absolute atomic E-state index is 0.0614. The maximum atomic E-state index is 13.6. The molecule has 1 saturated carbocycles. The monoisotopic (exact) mass is 509 g/mol. The van der Waals surface area contributed by atoms with Crippen LogP contribution in [0.1, 0.15) is 69.8 Å². The molecule has 1 unspecified atom stereocenters. The lowest BCUT2D eigenvalue weighted by Crippen LogP contribution is -2.54. The van der Waals surface area contributed by atoms with Crippen molar-refractivity contribution in [3.05, 3.63) is 35.9 Å². The molecule has 0 radical (unpaired) electrons. The van der Waals surface area contributed by atoms with Gasteiger partial charge in [0.25, 0.3) is 0 Å². The predicted octanol–water partition coefficient (Wildman–Crippen LogP) is 4.92. The Labute approximate surface area is 215 Å². The van der Waals surface area contributed by atoms with Crippen LogP contribution in [0.15, 0.2) is 30.3 Å². The standard InChI is InChI=1S/C28H45F2N3O3/c1-31-20-25(19-22-12-15-27(29,30)16-13-22)32-26(34)33-17-8-11-24(21-33)28(35,14-6-7-18-36-2)23-9-4-3-5-10-23/h3-5,9-10,22,24-25,31,35H,6-8,11-21H2,1-2H3,(H,32,34)/t24-,25?,28-/m1/s1. The van der Waals surface area contributed by atoms with E-state index in [1.807, 2.05) is 42.3 Å². The van der Waals surface area contributed by atoms with E-state index in [0.717, 1.165) is 31.2 Å². The molecule has 3 atom stereocenters. The van der Waals surface area contributed by atoms with E-state index in [1.165, 1.54) is 0 Å². The zero-order chi connectivity index (χ0) is 26.0. The zero-order valence-electron chi connectivity index (χ0n) is 22.0. The minimum atomic E-state index is -2.54. The van der Waals surface area contributed by atoms with Crippen molar-refractivity contribution in [3.8, 4) is 0 Å². The molecule has 2 amide bonds. The zero-order valence-corrected chi connectivity index (χ0v) is 22.0. The number of methoxy groups -OCH3 is 1. The number of carbonyl (C=O) groups is 1. The van der Waals surface area contributed by atoms with Gasteiger partial charge in [-0.15, -0.1) is 0 Å². The molecule has 0 spiro atoms. The molecule has 1 saturated heterocycles. The maximum absolute atomic E-state index is 13.6. The normalized spacial score (nSPS) is 23.1. The molecule has 0 aromatic heterocycles. The second-order valence-corrected chi connectivity index (χ2v) is 10.8. The summed E-state index contributed by atoms with van der Waals surface area (Å²) in [5.74, 6) is -2.40. The van der Waals surface area contributed by atoms with E-state index in [1.54, 1.807) is 7.11 Å². The Morgan fingerprint density at radius 1 is 1.22 bits per heavy atom. The number of hydrogen-bond acceptors (Lipinski definition) is 4. The van der Waals surface area contributed by atoms with Gasteiger partial charge in [-0.05, 0) is 69.9 Å². The molecule has 2 aliphatic rings. The first-order chi connectivity index (χ1) is 17.3.